The number of piperidine rings is 1. The van der Waals surface area contributed by atoms with Gasteiger partial charge in [-0.15, -0.1) is 0 Å². The molecule has 6 nitrogen and oxygen atoms in total. The van der Waals surface area contributed by atoms with Gasteiger partial charge in [0.15, 0.2) is 0 Å². The third-order valence-corrected chi connectivity index (χ3v) is 8.47. The first-order chi connectivity index (χ1) is 13.1. The Bertz CT molecular complexity index is 814. The van der Waals surface area contributed by atoms with Crippen LogP contribution in [0.3, 0.4) is 0 Å². The minimum atomic E-state index is -3.84. The van der Waals surface area contributed by atoms with Crippen LogP contribution in [0.1, 0.15) is 76.7 Å². The molecule has 2 fully saturated rings. The smallest absolute Gasteiger partial charge is 0.241 e. The molecule has 158 valence electrons. The number of imidazole rings is 1. The van der Waals surface area contributed by atoms with Crippen molar-refractivity contribution in [3.8, 4) is 0 Å². The molecular weight excluding hydrogens is 374 g/mol. The van der Waals surface area contributed by atoms with Gasteiger partial charge in [-0.3, -0.25) is 4.79 Å². The molecule has 1 aromatic rings. The van der Waals surface area contributed by atoms with Crippen LogP contribution < -0.4 is 0 Å². The van der Waals surface area contributed by atoms with E-state index in [1.807, 2.05) is 18.4 Å². The van der Waals surface area contributed by atoms with Crippen LogP contribution in [-0.2, 0) is 14.6 Å². The van der Waals surface area contributed by atoms with Crippen LogP contribution in [0.25, 0.3) is 0 Å². The van der Waals surface area contributed by atoms with Gasteiger partial charge >= 0.3 is 0 Å². The number of carbonyl (C=O) groups is 1. The van der Waals surface area contributed by atoms with Crippen molar-refractivity contribution >= 4 is 15.7 Å². The molecule has 0 bridgehead atoms. The topological polar surface area (TPSA) is 72.3 Å². The molecule has 28 heavy (non-hydrogen) atoms. The number of aryl methyl sites for hydroxylation is 1. The van der Waals surface area contributed by atoms with Crippen molar-refractivity contribution in [2.45, 2.75) is 89.6 Å². The summed E-state index contributed by atoms with van der Waals surface area (Å²) in [6.07, 6.45) is 6.45. The SMILES string of the molecule is Cc1nc(S(=O)(=O)C(C)C(=O)N2CC(C)CC(C)C2)n(C2CCCCC2)c1C. The highest BCUT2D eigenvalue weighted by Gasteiger charge is 2.39. The van der Waals surface area contributed by atoms with Gasteiger partial charge in [0.25, 0.3) is 0 Å². The van der Waals surface area contributed by atoms with E-state index in [9.17, 15) is 13.2 Å². The minimum absolute atomic E-state index is 0.0911. The Balaban J connectivity index is 1.92. The second-order valence-corrected chi connectivity index (χ2v) is 11.3. The first kappa shape index (κ1) is 21.3. The fraction of sp³-hybridized carbons (Fsp3) is 0.810. The quantitative estimate of drug-likeness (QED) is 0.760. The normalized spacial score (nSPS) is 25.7. The molecule has 3 unspecified atom stereocenters. The maximum absolute atomic E-state index is 13.5. The lowest BCUT2D eigenvalue weighted by Gasteiger charge is -2.36. The first-order valence-corrected chi connectivity index (χ1v) is 12.3. The first-order valence-electron chi connectivity index (χ1n) is 10.7. The molecule has 1 aromatic heterocycles. The molecule has 0 radical (unpaired) electrons. The molecule has 1 amide bonds. The summed E-state index contributed by atoms with van der Waals surface area (Å²) in [6.45, 7) is 10.8. The number of amides is 1. The standard InChI is InChI=1S/C21H35N3O3S/c1-14-11-15(2)13-23(12-14)20(25)18(5)28(26,27)21-22-16(3)17(4)24(21)19-9-7-6-8-10-19/h14-15,18-19H,6-13H2,1-5H3. The van der Waals surface area contributed by atoms with E-state index >= 15 is 0 Å². The summed E-state index contributed by atoms with van der Waals surface area (Å²) < 4.78 is 28.9. The summed E-state index contributed by atoms with van der Waals surface area (Å²) in [7, 11) is -3.84. The van der Waals surface area contributed by atoms with Crippen LogP contribution in [0, 0.1) is 25.7 Å². The van der Waals surface area contributed by atoms with E-state index in [2.05, 4.69) is 18.8 Å². The molecule has 0 N–H and O–H groups in total. The Morgan fingerprint density at radius 1 is 1.07 bits per heavy atom. The summed E-state index contributed by atoms with van der Waals surface area (Å²) >= 11 is 0. The van der Waals surface area contributed by atoms with Crippen LogP contribution in [0.4, 0.5) is 0 Å². The van der Waals surface area contributed by atoms with E-state index in [4.69, 9.17) is 0 Å². The van der Waals surface area contributed by atoms with E-state index in [0.717, 1.165) is 43.5 Å². The van der Waals surface area contributed by atoms with Gasteiger partial charge in [0, 0.05) is 24.8 Å². The van der Waals surface area contributed by atoms with Crippen molar-refractivity contribution in [1.29, 1.82) is 0 Å². The zero-order chi connectivity index (χ0) is 20.6. The Morgan fingerprint density at radius 2 is 1.64 bits per heavy atom. The number of rotatable bonds is 4. The second-order valence-electron chi connectivity index (χ2n) is 9.10. The molecule has 3 atom stereocenters. The Kier molecular flexibility index (Phi) is 6.23. The lowest BCUT2D eigenvalue weighted by molar-refractivity contribution is -0.133. The number of hydrogen-bond acceptors (Lipinski definition) is 4. The third kappa shape index (κ3) is 4.00. The van der Waals surface area contributed by atoms with E-state index in [0.29, 0.717) is 24.9 Å². The zero-order valence-corrected chi connectivity index (χ0v) is 18.8. The monoisotopic (exact) mass is 409 g/mol. The molecule has 2 aliphatic rings. The zero-order valence-electron chi connectivity index (χ0n) is 17.9. The summed E-state index contributed by atoms with van der Waals surface area (Å²) in [5, 5.41) is -1.01. The van der Waals surface area contributed by atoms with Crippen molar-refractivity contribution in [3.63, 3.8) is 0 Å². The molecule has 0 spiro atoms. The number of sulfone groups is 1. The Morgan fingerprint density at radius 3 is 2.21 bits per heavy atom. The predicted octanol–water partition coefficient (Wildman–Crippen LogP) is 3.67. The Hall–Kier alpha value is -1.37. The predicted molar refractivity (Wildman–Crippen MR) is 110 cm³/mol. The van der Waals surface area contributed by atoms with Crippen LogP contribution in [0.5, 0.6) is 0 Å². The number of nitrogens with zero attached hydrogens (tertiary/aromatic N) is 3. The van der Waals surface area contributed by atoms with Crippen LogP contribution >= 0.6 is 0 Å². The van der Waals surface area contributed by atoms with Crippen molar-refractivity contribution in [2.24, 2.45) is 11.8 Å². The summed E-state index contributed by atoms with van der Waals surface area (Å²) in [4.78, 5) is 19.3. The lowest BCUT2D eigenvalue weighted by atomic mass is 9.92. The van der Waals surface area contributed by atoms with Gasteiger partial charge in [-0.2, -0.15) is 0 Å². The maximum Gasteiger partial charge on any atom is 0.241 e. The lowest BCUT2D eigenvalue weighted by Crippen LogP contribution is -2.48. The van der Waals surface area contributed by atoms with Gasteiger partial charge in [-0.05, 0) is 51.9 Å². The fourth-order valence-corrected chi connectivity index (χ4v) is 6.51. The fourth-order valence-electron chi connectivity index (χ4n) is 4.96. The molecule has 1 aliphatic carbocycles. The molecule has 7 heteroatoms. The molecule has 1 aliphatic heterocycles. The molecule has 2 heterocycles. The molecular formula is C21H35N3O3S. The van der Waals surface area contributed by atoms with Crippen molar-refractivity contribution in [3.05, 3.63) is 11.4 Å². The largest absolute Gasteiger partial charge is 0.341 e. The van der Waals surface area contributed by atoms with E-state index in [1.165, 1.54) is 13.3 Å². The average Bonchev–Trinajstić information content (AvgIpc) is 2.96. The van der Waals surface area contributed by atoms with Gasteiger partial charge < -0.3 is 9.47 Å². The van der Waals surface area contributed by atoms with E-state index < -0.39 is 15.1 Å². The highest BCUT2D eigenvalue weighted by molar-refractivity contribution is 7.92. The van der Waals surface area contributed by atoms with Gasteiger partial charge in [0.2, 0.25) is 20.9 Å². The van der Waals surface area contributed by atoms with Crippen molar-refractivity contribution in [1.82, 2.24) is 14.5 Å². The number of aromatic nitrogens is 2. The third-order valence-electron chi connectivity index (χ3n) is 6.54. The van der Waals surface area contributed by atoms with Crippen molar-refractivity contribution in [2.75, 3.05) is 13.1 Å². The van der Waals surface area contributed by atoms with E-state index in [1.54, 1.807) is 4.90 Å². The number of likely N-dealkylation sites (tertiary alicyclic amines) is 1. The highest BCUT2D eigenvalue weighted by Crippen LogP contribution is 2.34. The van der Waals surface area contributed by atoms with Crippen LogP contribution in [-0.4, -0.2) is 47.1 Å². The summed E-state index contributed by atoms with van der Waals surface area (Å²) in [5.74, 6) is 0.513. The van der Waals surface area contributed by atoms with Crippen LogP contribution in [0.2, 0.25) is 0 Å². The average molecular weight is 410 g/mol. The van der Waals surface area contributed by atoms with Gasteiger partial charge in [-0.25, -0.2) is 13.4 Å². The molecule has 0 aromatic carbocycles. The Labute approximate surface area is 169 Å². The van der Waals surface area contributed by atoms with Crippen molar-refractivity contribution < 1.29 is 13.2 Å². The molecule has 3 rings (SSSR count). The summed E-state index contributed by atoms with van der Waals surface area (Å²) in [6, 6.07) is 0.164. The number of hydrogen-bond donors (Lipinski definition) is 0. The molecule has 1 saturated carbocycles. The summed E-state index contributed by atoms with van der Waals surface area (Å²) in [5.41, 5.74) is 1.65. The maximum atomic E-state index is 13.5. The van der Waals surface area contributed by atoms with Gasteiger partial charge in [0.05, 0.1) is 5.69 Å². The minimum Gasteiger partial charge on any atom is -0.341 e. The highest BCUT2D eigenvalue weighted by atomic mass is 32.2. The second kappa shape index (κ2) is 8.17. The van der Waals surface area contributed by atoms with E-state index in [-0.39, 0.29) is 17.1 Å². The van der Waals surface area contributed by atoms with Gasteiger partial charge in [-0.1, -0.05) is 33.1 Å². The van der Waals surface area contributed by atoms with Gasteiger partial charge in [0.1, 0.15) is 5.25 Å². The van der Waals surface area contributed by atoms with Crippen LogP contribution in [0.15, 0.2) is 5.16 Å². The molecule has 1 saturated heterocycles. The number of carbonyl (C=O) groups excluding carboxylic acids is 1.